The first kappa shape index (κ1) is 21.5. The molecule has 2 nitrogen and oxygen atoms in total. The van der Waals surface area contributed by atoms with Crippen LogP contribution in [0.1, 0.15) is 45.4 Å². The fourth-order valence-electron chi connectivity index (χ4n) is 1.56. The number of aldehydes is 1. The largest absolute Gasteiger partial charge is 0.303 e. The number of unbranched alkanes of at least 4 members (excludes halogenated alkanes) is 1. The van der Waals surface area contributed by atoms with Gasteiger partial charge in [0.15, 0.2) is 0 Å². The Morgan fingerprint density at radius 1 is 1.38 bits per heavy atom. The van der Waals surface area contributed by atoms with Crippen molar-refractivity contribution in [1.82, 2.24) is 0 Å². The lowest BCUT2D eigenvalue weighted by molar-refractivity contribution is -0.117. The Kier molecular flexibility index (Phi) is 17.2. The highest BCUT2D eigenvalue weighted by Crippen LogP contribution is 2.39. The number of carbonyl (C=O) groups excluding carboxylic acids is 2. The van der Waals surface area contributed by atoms with Crippen molar-refractivity contribution in [3.05, 3.63) is 12.7 Å². The minimum atomic E-state index is 0.337. The van der Waals surface area contributed by atoms with E-state index in [0.717, 1.165) is 35.9 Å². The van der Waals surface area contributed by atoms with E-state index < -0.39 is 0 Å². The zero-order chi connectivity index (χ0) is 15.8. The summed E-state index contributed by atoms with van der Waals surface area (Å²) in [6, 6.07) is 0. The third-order valence-electron chi connectivity index (χ3n) is 2.62. The molecule has 0 aromatic carbocycles. The van der Waals surface area contributed by atoms with Crippen LogP contribution in [-0.4, -0.2) is 34.6 Å². The quantitative estimate of drug-likeness (QED) is 0.210. The number of Topliss-reactive ketones (excluding diaryl/α,β-unsaturated/α-hetero) is 1. The molecule has 1 rings (SSSR count). The van der Waals surface area contributed by atoms with Crippen molar-refractivity contribution in [3.63, 3.8) is 0 Å². The van der Waals surface area contributed by atoms with Crippen molar-refractivity contribution in [1.29, 1.82) is 0 Å². The highest BCUT2D eigenvalue weighted by atomic mass is 33.1. The van der Waals surface area contributed by atoms with Crippen molar-refractivity contribution in [3.8, 4) is 0 Å². The van der Waals surface area contributed by atoms with Gasteiger partial charge in [-0.15, -0.1) is 6.58 Å². The van der Waals surface area contributed by atoms with Gasteiger partial charge in [0.25, 0.3) is 0 Å². The predicted octanol–water partition coefficient (Wildman–Crippen LogP) is 5.43. The van der Waals surface area contributed by atoms with Crippen LogP contribution in [0.25, 0.3) is 0 Å². The third-order valence-corrected chi connectivity index (χ3v) is 7.98. The van der Waals surface area contributed by atoms with E-state index in [1.54, 1.807) is 28.5 Å². The lowest BCUT2D eigenvalue weighted by Gasteiger charge is -2.05. The van der Waals surface area contributed by atoms with Gasteiger partial charge in [0.05, 0.1) is 0 Å². The summed E-state index contributed by atoms with van der Waals surface area (Å²) in [5.41, 5.74) is 0. The molecule has 1 heterocycles. The zero-order valence-electron chi connectivity index (χ0n) is 12.8. The van der Waals surface area contributed by atoms with Crippen LogP contribution in [0.2, 0.25) is 0 Å². The lowest BCUT2D eigenvalue weighted by Crippen LogP contribution is -1.98. The second-order valence-corrected chi connectivity index (χ2v) is 10.0. The molecular formula is C15H26O2S4. The smallest absolute Gasteiger partial charge is 0.129 e. The molecule has 0 radical (unpaired) electrons. The van der Waals surface area contributed by atoms with E-state index >= 15 is 0 Å². The van der Waals surface area contributed by atoms with Crippen molar-refractivity contribution in [2.75, 3.05) is 17.3 Å². The van der Waals surface area contributed by atoms with E-state index in [4.69, 9.17) is 0 Å². The molecule has 21 heavy (non-hydrogen) atoms. The molecule has 1 atom stereocenters. The summed E-state index contributed by atoms with van der Waals surface area (Å²) in [5.74, 6) is 3.54. The van der Waals surface area contributed by atoms with Crippen LogP contribution < -0.4 is 0 Å². The van der Waals surface area contributed by atoms with Crippen molar-refractivity contribution < 1.29 is 9.59 Å². The fourth-order valence-corrected chi connectivity index (χ4v) is 6.31. The summed E-state index contributed by atoms with van der Waals surface area (Å²) >= 11 is 0. The first-order valence-electron chi connectivity index (χ1n) is 7.27. The molecule has 0 aliphatic carbocycles. The van der Waals surface area contributed by atoms with Gasteiger partial charge in [0.2, 0.25) is 0 Å². The van der Waals surface area contributed by atoms with Crippen LogP contribution in [0.4, 0.5) is 0 Å². The first-order chi connectivity index (χ1) is 10.2. The molecule has 0 aromatic heterocycles. The highest BCUT2D eigenvalue weighted by molar-refractivity contribution is 8.77. The number of carbonyl (C=O) groups is 2. The molecule has 0 aromatic rings. The summed E-state index contributed by atoms with van der Waals surface area (Å²) in [6.45, 7) is 5.26. The molecule has 0 saturated carbocycles. The van der Waals surface area contributed by atoms with E-state index in [2.05, 4.69) is 6.58 Å². The molecule has 6 heteroatoms. The normalized spacial score (nSPS) is 16.9. The number of ketones is 1. The Hall–Kier alpha value is 0.480. The molecule has 1 unspecified atom stereocenters. The zero-order valence-corrected chi connectivity index (χ0v) is 16.0. The van der Waals surface area contributed by atoms with Gasteiger partial charge < -0.3 is 9.59 Å². The summed E-state index contributed by atoms with van der Waals surface area (Å²) < 4.78 is 0. The molecule has 122 valence electrons. The van der Waals surface area contributed by atoms with Gasteiger partial charge in [0, 0.05) is 35.4 Å². The summed E-state index contributed by atoms with van der Waals surface area (Å²) in [7, 11) is 7.48. The Morgan fingerprint density at radius 2 is 2.19 bits per heavy atom. The van der Waals surface area contributed by atoms with Crippen LogP contribution >= 0.6 is 43.2 Å². The van der Waals surface area contributed by atoms with Crippen LogP contribution in [0.5, 0.6) is 0 Å². The minimum Gasteiger partial charge on any atom is -0.303 e. The average molecular weight is 367 g/mol. The number of rotatable bonds is 11. The van der Waals surface area contributed by atoms with E-state index in [0.29, 0.717) is 12.2 Å². The second kappa shape index (κ2) is 16.8. The maximum atomic E-state index is 10.6. The second-order valence-electron chi connectivity index (χ2n) is 4.63. The SMILES string of the molecule is C=CCSSCCC=O.CC(=O)CCCCC1CCSS1. The Balaban J connectivity index is 0.000000400. The molecule has 0 amide bonds. The van der Waals surface area contributed by atoms with Crippen LogP contribution in [0, 0.1) is 0 Å². The molecular weight excluding hydrogens is 340 g/mol. The molecule has 1 saturated heterocycles. The van der Waals surface area contributed by atoms with Gasteiger partial charge >= 0.3 is 0 Å². The van der Waals surface area contributed by atoms with E-state index in [9.17, 15) is 9.59 Å². The van der Waals surface area contributed by atoms with Gasteiger partial charge in [0.1, 0.15) is 12.1 Å². The van der Waals surface area contributed by atoms with Gasteiger partial charge in [-0.05, 0) is 26.2 Å². The summed E-state index contributed by atoms with van der Waals surface area (Å²) in [4.78, 5) is 20.4. The molecule has 1 aliphatic heterocycles. The molecule has 0 bridgehead atoms. The predicted molar refractivity (Wildman–Crippen MR) is 103 cm³/mol. The maximum Gasteiger partial charge on any atom is 0.129 e. The van der Waals surface area contributed by atoms with E-state index in [-0.39, 0.29) is 0 Å². The lowest BCUT2D eigenvalue weighted by atomic mass is 10.1. The van der Waals surface area contributed by atoms with Gasteiger partial charge in [-0.1, -0.05) is 55.7 Å². The summed E-state index contributed by atoms with van der Waals surface area (Å²) in [5, 5.41) is 0.877. The Bertz CT molecular complexity index is 269. The van der Waals surface area contributed by atoms with E-state index in [1.165, 1.54) is 25.0 Å². The van der Waals surface area contributed by atoms with Crippen LogP contribution in [0.3, 0.4) is 0 Å². The molecule has 0 spiro atoms. The maximum absolute atomic E-state index is 10.6. The molecule has 1 fully saturated rings. The minimum absolute atomic E-state index is 0.337. The van der Waals surface area contributed by atoms with Crippen LogP contribution in [0.15, 0.2) is 12.7 Å². The van der Waals surface area contributed by atoms with Crippen molar-refractivity contribution >= 4 is 55.2 Å². The van der Waals surface area contributed by atoms with Crippen LogP contribution in [-0.2, 0) is 9.59 Å². The standard InChI is InChI=1S/C9H16OS2.C6H10OS2/c1-8(10)4-2-3-5-9-6-7-11-12-9;1-2-5-8-9-6-3-4-7/h9H,2-7H2,1H3;2,4H,1,3,5-6H2. The monoisotopic (exact) mass is 366 g/mol. The first-order valence-corrected chi connectivity index (χ1v) is 12.1. The highest BCUT2D eigenvalue weighted by Gasteiger charge is 2.15. The number of hydrogen-bond donors (Lipinski definition) is 0. The summed E-state index contributed by atoms with van der Waals surface area (Å²) in [6.07, 6.45) is 9.26. The third kappa shape index (κ3) is 16.7. The number of hydrogen-bond acceptors (Lipinski definition) is 6. The van der Waals surface area contributed by atoms with E-state index in [1.807, 2.05) is 27.7 Å². The van der Waals surface area contributed by atoms with Crippen molar-refractivity contribution in [2.45, 2.75) is 50.7 Å². The average Bonchev–Trinajstić information content (AvgIpc) is 2.97. The van der Waals surface area contributed by atoms with Gasteiger partial charge in [-0.2, -0.15) is 0 Å². The van der Waals surface area contributed by atoms with Gasteiger partial charge in [-0.25, -0.2) is 0 Å². The Labute approximate surface area is 145 Å². The van der Waals surface area contributed by atoms with Gasteiger partial charge in [-0.3, -0.25) is 0 Å². The fraction of sp³-hybridized carbons (Fsp3) is 0.733. The van der Waals surface area contributed by atoms with Crippen molar-refractivity contribution in [2.24, 2.45) is 0 Å². The topological polar surface area (TPSA) is 34.1 Å². The Morgan fingerprint density at radius 3 is 2.76 bits per heavy atom. The molecule has 0 N–H and O–H groups in total. The molecule has 1 aliphatic rings.